The third-order valence-corrected chi connectivity index (χ3v) is 4.56. The second kappa shape index (κ2) is 8.77. The third-order valence-electron chi connectivity index (χ3n) is 4.56. The molecule has 1 fully saturated rings. The molecule has 0 radical (unpaired) electrons. The van der Waals surface area contributed by atoms with Crippen molar-refractivity contribution in [2.75, 3.05) is 23.3 Å². The minimum absolute atomic E-state index is 0.0367. The van der Waals surface area contributed by atoms with E-state index in [2.05, 4.69) is 24.9 Å². The molecule has 1 saturated heterocycles. The van der Waals surface area contributed by atoms with E-state index < -0.39 is 23.0 Å². The van der Waals surface area contributed by atoms with Crippen molar-refractivity contribution in [3.05, 3.63) is 46.4 Å². The Labute approximate surface area is 160 Å². The number of hydrogen-bond acceptors (Lipinski definition) is 7. The molecular formula is C18H21F2N5O3. The SMILES string of the molecule is CCc1cc(N2CCCC(Nc3ccc([N+](=O)[O-])c(OC(F)F)c3)C2)ncn1. The van der Waals surface area contributed by atoms with Crippen LogP contribution < -0.4 is 15.0 Å². The number of anilines is 2. The maximum atomic E-state index is 12.6. The smallest absolute Gasteiger partial charge is 0.387 e. The average molecular weight is 393 g/mol. The molecule has 1 aliphatic heterocycles. The normalized spacial score (nSPS) is 16.9. The highest BCUT2D eigenvalue weighted by Gasteiger charge is 2.23. The van der Waals surface area contributed by atoms with Gasteiger partial charge in [0.05, 0.1) is 4.92 Å². The number of nitrogens with one attached hydrogen (secondary N) is 1. The Kier molecular flexibility index (Phi) is 6.17. The van der Waals surface area contributed by atoms with Gasteiger partial charge in [0, 0.05) is 48.7 Å². The number of halogens is 2. The summed E-state index contributed by atoms with van der Waals surface area (Å²) in [6, 6.07) is 5.90. The number of alkyl halides is 2. The van der Waals surface area contributed by atoms with Crippen LogP contribution in [0.2, 0.25) is 0 Å². The van der Waals surface area contributed by atoms with Gasteiger partial charge in [0.15, 0.2) is 0 Å². The van der Waals surface area contributed by atoms with Crippen molar-refractivity contribution in [1.82, 2.24) is 9.97 Å². The van der Waals surface area contributed by atoms with Gasteiger partial charge in [0.25, 0.3) is 0 Å². The molecule has 0 amide bonds. The van der Waals surface area contributed by atoms with Crippen molar-refractivity contribution < 1.29 is 18.4 Å². The number of nitrogens with zero attached hydrogens (tertiary/aromatic N) is 4. The molecule has 0 saturated carbocycles. The first kappa shape index (κ1) is 19.7. The number of nitro benzene ring substituents is 1. The minimum Gasteiger partial charge on any atom is -0.427 e. The van der Waals surface area contributed by atoms with Crippen molar-refractivity contribution in [2.45, 2.75) is 38.8 Å². The number of piperidine rings is 1. The first-order chi connectivity index (χ1) is 13.5. The molecule has 2 heterocycles. The standard InChI is InChI=1S/C18H21F2N5O3/c1-2-12-9-17(22-11-21-12)24-7-3-4-14(10-24)23-13-5-6-15(25(26)27)16(8-13)28-18(19)20/h5-6,8-9,11,14,18,23H,2-4,7,10H2,1H3. The highest BCUT2D eigenvalue weighted by molar-refractivity contribution is 5.58. The van der Waals surface area contributed by atoms with Crippen molar-refractivity contribution in [2.24, 2.45) is 0 Å². The lowest BCUT2D eigenvalue weighted by Gasteiger charge is -2.34. The fourth-order valence-corrected chi connectivity index (χ4v) is 3.24. The second-order valence-corrected chi connectivity index (χ2v) is 6.47. The van der Waals surface area contributed by atoms with E-state index in [0.717, 1.165) is 37.3 Å². The van der Waals surface area contributed by atoms with Crippen LogP contribution in [0.3, 0.4) is 0 Å². The molecular weight excluding hydrogens is 372 g/mol. The summed E-state index contributed by atoms with van der Waals surface area (Å²) in [5.74, 6) is 0.393. The van der Waals surface area contributed by atoms with Gasteiger partial charge in [0.1, 0.15) is 12.1 Å². The topological polar surface area (TPSA) is 93.4 Å². The summed E-state index contributed by atoms with van der Waals surface area (Å²) in [6.07, 6.45) is 4.18. The molecule has 2 aromatic rings. The molecule has 1 aromatic heterocycles. The Morgan fingerprint density at radius 1 is 1.39 bits per heavy atom. The van der Waals surface area contributed by atoms with Crippen molar-refractivity contribution >= 4 is 17.2 Å². The first-order valence-corrected chi connectivity index (χ1v) is 9.02. The van der Waals surface area contributed by atoms with Gasteiger partial charge in [-0.3, -0.25) is 10.1 Å². The van der Waals surface area contributed by atoms with Gasteiger partial charge in [0.2, 0.25) is 5.75 Å². The van der Waals surface area contributed by atoms with Crippen molar-refractivity contribution in [3.8, 4) is 5.75 Å². The Morgan fingerprint density at radius 2 is 2.21 bits per heavy atom. The highest BCUT2D eigenvalue weighted by atomic mass is 19.3. The van der Waals surface area contributed by atoms with Crippen molar-refractivity contribution in [3.63, 3.8) is 0 Å². The van der Waals surface area contributed by atoms with Gasteiger partial charge in [-0.05, 0) is 25.3 Å². The molecule has 0 spiro atoms. The second-order valence-electron chi connectivity index (χ2n) is 6.47. The van der Waals surface area contributed by atoms with E-state index in [-0.39, 0.29) is 6.04 Å². The summed E-state index contributed by atoms with van der Waals surface area (Å²) < 4.78 is 29.5. The zero-order valence-corrected chi connectivity index (χ0v) is 15.3. The van der Waals surface area contributed by atoms with Crippen LogP contribution in [0.5, 0.6) is 5.75 Å². The van der Waals surface area contributed by atoms with Gasteiger partial charge in [-0.1, -0.05) is 6.92 Å². The van der Waals surface area contributed by atoms with E-state index in [1.165, 1.54) is 18.2 Å². The van der Waals surface area contributed by atoms with Gasteiger partial charge in [-0.25, -0.2) is 9.97 Å². The summed E-state index contributed by atoms with van der Waals surface area (Å²) >= 11 is 0. The predicted molar refractivity (Wildman–Crippen MR) is 100.0 cm³/mol. The van der Waals surface area contributed by atoms with E-state index >= 15 is 0 Å². The summed E-state index contributed by atoms with van der Waals surface area (Å²) in [5, 5.41) is 14.3. The number of nitro groups is 1. The molecule has 1 aromatic carbocycles. The van der Waals surface area contributed by atoms with E-state index in [0.29, 0.717) is 12.2 Å². The fourth-order valence-electron chi connectivity index (χ4n) is 3.24. The average Bonchev–Trinajstić information content (AvgIpc) is 2.68. The van der Waals surface area contributed by atoms with E-state index in [1.807, 2.05) is 13.0 Å². The molecule has 1 unspecified atom stereocenters. The van der Waals surface area contributed by atoms with Crippen LogP contribution in [0.4, 0.5) is 26.0 Å². The van der Waals surface area contributed by atoms with Crippen LogP contribution in [0.15, 0.2) is 30.6 Å². The summed E-state index contributed by atoms with van der Waals surface area (Å²) in [7, 11) is 0. The Morgan fingerprint density at radius 3 is 2.93 bits per heavy atom. The highest BCUT2D eigenvalue weighted by Crippen LogP contribution is 2.32. The fraction of sp³-hybridized carbons (Fsp3) is 0.444. The van der Waals surface area contributed by atoms with Crippen LogP contribution >= 0.6 is 0 Å². The molecule has 8 nitrogen and oxygen atoms in total. The Balaban J connectivity index is 1.73. The molecule has 1 aliphatic rings. The molecule has 3 rings (SSSR count). The van der Waals surface area contributed by atoms with Crippen LogP contribution in [-0.2, 0) is 6.42 Å². The Hall–Kier alpha value is -3.04. The monoisotopic (exact) mass is 393 g/mol. The Bertz CT molecular complexity index is 837. The first-order valence-electron chi connectivity index (χ1n) is 9.02. The van der Waals surface area contributed by atoms with Crippen LogP contribution in [-0.4, -0.2) is 40.6 Å². The lowest BCUT2D eigenvalue weighted by Crippen LogP contribution is -2.42. The van der Waals surface area contributed by atoms with E-state index in [1.54, 1.807) is 6.33 Å². The zero-order valence-electron chi connectivity index (χ0n) is 15.3. The number of aromatic nitrogens is 2. The molecule has 28 heavy (non-hydrogen) atoms. The van der Waals surface area contributed by atoms with Gasteiger partial charge >= 0.3 is 12.3 Å². The van der Waals surface area contributed by atoms with Crippen LogP contribution in [0.25, 0.3) is 0 Å². The summed E-state index contributed by atoms with van der Waals surface area (Å²) in [4.78, 5) is 20.9. The van der Waals surface area contributed by atoms with Gasteiger partial charge in [-0.15, -0.1) is 0 Å². The third kappa shape index (κ3) is 4.81. The number of hydrogen-bond donors (Lipinski definition) is 1. The molecule has 0 aliphatic carbocycles. The number of ether oxygens (including phenoxy) is 1. The lowest BCUT2D eigenvalue weighted by molar-refractivity contribution is -0.386. The molecule has 10 heteroatoms. The molecule has 1 atom stereocenters. The number of aryl methyl sites for hydroxylation is 1. The number of benzene rings is 1. The maximum Gasteiger partial charge on any atom is 0.387 e. The van der Waals surface area contributed by atoms with Crippen molar-refractivity contribution in [1.29, 1.82) is 0 Å². The molecule has 1 N–H and O–H groups in total. The quantitative estimate of drug-likeness (QED) is 0.567. The van der Waals surface area contributed by atoms with E-state index in [9.17, 15) is 18.9 Å². The number of rotatable bonds is 7. The predicted octanol–water partition coefficient (Wildman–Crippen LogP) is 3.63. The largest absolute Gasteiger partial charge is 0.427 e. The van der Waals surface area contributed by atoms with Gasteiger partial charge < -0.3 is 15.0 Å². The lowest BCUT2D eigenvalue weighted by atomic mass is 10.0. The molecule has 150 valence electrons. The minimum atomic E-state index is -3.13. The summed E-state index contributed by atoms with van der Waals surface area (Å²) in [6.45, 7) is 0.422. The zero-order chi connectivity index (χ0) is 20.1. The molecule has 0 bridgehead atoms. The van der Waals surface area contributed by atoms with Crippen LogP contribution in [0, 0.1) is 10.1 Å². The van der Waals surface area contributed by atoms with E-state index in [4.69, 9.17) is 0 Å². The summed E-state index contributed by atoms with van der Waals surface area (Å²) in [5.41, 5.74) is 0.957. The van der Waals surface area contributed by atoms with Crippen LogP contribution in [0.1, 0.15) is 25.5 Å². The van der Waals surface area contributed by atoms with Gasteiger partial charge in [-0.2, -0.15) is 8.78 Å². The maximum absolute atomic E-state index is 12.6.